The molecule has 26 heavy (non-hydrogen) atoms. The van der Waals surface area contributed by atoms with Gasteiger partial charge in [0.25, 0.3) is 0 Å². The van der Waals surface area contributed by atoms with Crippen LogP contribution in [0.5, 0.6) is 5.75 Å². The van der Waals surface area contributed by atoms with E-state index in [1.165, 1.54) is 5.56 Å². The van der Waals surface area contributed by atoms with Crippen molar-refractivity contribution in [2.24, 2.45) is 0 Å². The van der Waals surface area contributed by atoms with E-state index >= 15 is 0 Å². The fourth-order valence-corrected chi connectivity index (χ4v) is 3.41. The molecule has 2 aromatic carbocycles. The molecule has 2 heterocycles. The molecular weight excluding hydrogens is 350 g/mol. The van der Waals surface area contributed by atoms with E-state index < -0.39 is 0 Å². The van der Waals surface area contributed by atoms with Crippen LogP contribution in [-0.2, 0) is 6.54 Å². The molecule has 0 unspecified atom stereocenters. The summed E-state index contributed by atoms with van der Waals surface area (Å²) in [6.45, 7) is 2.85. The van der Waals surface area contributed by atoms with E-state index in [2.05, 4.69) is 27.2 Å². The van der Waals surface area contributed by atoms with Crippen LogP contribution >= 0.6 is 11.6 Å². The van der Waals surface area contributed by atoms with Crippen LogP contribution in [-0.4, -0.2) is 35.2 Å². The van der Waals surface area contributed by atoms with Gasteiger partial charge in [-0.05, 0) is 54.9 Å². The van der Waals surface area contributed by atoms with Crippen LogP contribution in [0.2, 0.25) is 5.02 Å². The largest absolute Gasteiger partial charge is 0.497 e. The Morgan fingerprint density at radius 1 is 1.15 bits per heavy atom. The van der Waals surface area contributed by atoms with Crippen molar-refractivity contribution in [1.82, 2.24) is 15.0 Å². The van der Waals surface area contributed by atoms with E-state index in [4.69, 9.17) is 20.9 Å². The highest BCUT2D eigenvalue weighted by Crippen LogP contribution is 2.29. The van der Waals surface area contributed by atoms with Gasteiger partial charge < -0.3 is 9.26 Å². The molecule has 1 aliphatic rings. The van der Waals surface area contributed by atoms with E-state index in [1.54, 1.807) is 7.11 Å². The maximum absolute atomic E-state index is 5.95. The molecule has 0 bridgehead atoms. The summed E-state index contributed by atoms with van der Waals surface area (Å²) < 4.78 is 10.7. The molecule has 1 aliphatic heterocycles. The Morgan fingerprint density at radius 2 is 1.92 bits per heavy atom. The lowest BCUT2D eigenvalue weighted by atomic mass is 10.1. The molecular formula is C20H20ClN3O2. The third kappa shape index (κ3) is 3.74. The first kappa shape index (κ1) is 17.1. The van der Waals surface area contributed by atoms with Gasteiger partial charge in [0.1, 0.15) is 5.75 Å². The quantitative estimate of drug-likeness (QED) is 0.667. The summed E-state index contributed by atoms with van der Waals surface area (Å²) in [6.07, 6.45) is 1.03. The molecule has 3 aromatic rings. The minimum absolute atomic E-state index is 0.279. The molecule has 1 saturated heterocycles. The molecule has 1 atom stereocenters. The lowest BCUT2D eigenvalue weighted by Gasteiger charge is -2.15. The van der Waals surface area contributed by atoms with E-state index in [-0.39, 0.29) is 5.92 Å². The highest BCUT2D eigenvalue weighted by atomic mass is 35.5. The van der Waals surface area contributed by atoms with Gasteiger partial charge in [-0.3, -0.25) is 4.90 Å². The number of benzene rings is 2. The van der Waals surface area contributed by atoms with Crippen LogP contribution < -0.4 is 4.74 Å². The number of methoxy groups -OCH3 is 1. The minimum atomic E-state index is 0.279. The molecule has 0 spiro atoms. The first-order valence-corrected chi connectivity index (χ1v) is 9.04. The zero-order chi connectivity index (χ0) is 17.9. The van der Waals surface area contributed by atoms with Gasteiger partial charge in [0.2, 0.25) is 11.7 Å². The Balaban J connectivity index is 1.41. The van der Waals surface area contributed by atoms with Gasteiger partial charge in [-0.25, -0.2) is 0 Å². The average molecular weight is 370 g/mol. The zero-order valence-corrected chi connectivity index (χ0v) is 15.3. The van der Waals surface area contributed by atoms with Gasteiger partial charge in [-0.2, -0.15) is 4.98 Å². The highest BCUT2D eigenvalue weighted by molar-refractivity contribution is 6.30. The second kappa shape index (κ2) is 7.48. The summed E-state index contributed by atoms with van der Waals surface area (Å²) in [5, 5.41) is 4.91. The second-order valence-corrected chi connectivity index (χ2v) is 6.97. The monoisotopic (exact) mass is 369 g/mol. The minimum Gasteiger partial charge on any atom is -0.497 e. The zero-order valence-electron chi connectivity index (χ0n) is 14.6. The maximum atomic E-state index is 5.95. The number of nitrogens with zero attached hydrogens (tertiary/aromatic N) is 3. The number of halogens is 1. The van der Waals surface area contributed by atoms with Crippen molar-refractivity contribution in [3.63, 3.8) is 0 Å². The molecule has 1 fully saturated rings. The van der Waals surface area contributed by atoms with Gasteiger partial charge in [0.05, 0.1) is 13.0 Å². The standard InChI is InChI=1S/C20H20ClN3O2/c1-25-18-8-4-15(5-9-18)19-22-20(26-23-19)16-10-11-24(13-16)12-14-2-6-17(21)7-3-14/h2-9,16H,10-13H2,1H3/t16-/m0/s1. The van der Waals surface area contributed by atoms with Crippen molar-refractivity contribution in [3.05, 3.63) is 65.0 Å². The molecule has 0 saturated carbocycles. The van der Waals surface area contributed by atoms with Crippen molar-refractivity contribution in [3.8, 4) is 17.1 Å². The van der Waals surface area contributed by atoms with Crippen LogP contribution in [0, 0.1) is 0 Å². The summed E-state index contributed by atoms with van der Waals surface area (Å²) in [7, 11) is 1.65. The number of hydrogen-bond acceptors (Lipinski definition) is 5. The molecule has 4 rings (SSSR count). The number of hydrogen-bond donors (Lipinski definition) is 0. The van der Waals surface area contributed by atoms with Crippen molar-refractivity contribution in [2.75, 3.05) is 20.2 Å². The molecule has 0 amide bonds. The number of aromatic nitrogens is 2. The topological polar surface area (TPSA) is 51.4 Å². The average Bonchev–Trinajstić information content (AvgIpc) is 3.33. The van der Waals surface area contributed by atoms with Crippen LogP contribution in [0.25, 0.3) is 11.4 Å². The van der Waals surface area contributed by atoms with Crippen LogP contribution in [0.3, 0.4) is 0 Å². The first-order chi connectivity index (χ1) is 12.7. The molecule has 0 radical (unpaired) electrons. The Kier molecular flexibility index (Phi) is 4.91. The second-order valence-electron chi connectivity index (χ2n) is 6.53. The van der Waals surface area contributed by atoms with E-state index in [9.17, 15) is 0 Å². The normalized spacial score (nSPS) is 17.5. The fraction of sp³-hybridized carbons (Fsp3) is 0.300. The molecule has 0 aliphatic carbocycles. The molecule has 1 aromatic heterocycles. The molecule has 0 N–H and O–H groups in total. The number of ether oxygens (including phenoxy) is 1. The van der Waals surface area contributed by atoms with Gasteiger partial charge in [0.15, 0.2) is 0 Å². The van der Waals surface area contributed by atoms with Crippen LogP contribution in [0.4, 0.5) is 0 Å². The maximum Gasteiger partial charge on any atom is 0.231 e. The van der Waals surface area contributed by atoms with E-state index in [0.717, 1.165) is 48.3 Å². The Labute approximate surface area is 157 Å². The Bertz CT molecular complexity index is 862. The van der Waals surface area contributed by atoms with Gasteiger partial charge in [-0.1, -0.05) is 28.9 Å². The van der Waals surface area contributed by atoms with Crippen LogP contribution in [0.1, 0.15) is 23.8 Å². The van der Waals surface area contributed by atoms with E-state index in [1.807, 2.05) is 36.4 Å². The van der Waals surface area contributed by atoms with Crippen LogP contribution in [0.15, 0.2) is 53.1 Å². The summed E-state index contributed by atoms with van der Waals surface area (Å²) in [5.41, 5.74) is 2.19. The molecule has 6 heteroatoms. The lowest BCUT2D eigenvalue weighted by Crippen LogP contribution is -2.19. The van der Waals surface area contributed by atoms with Gasteiger partial charge >= 0.3 is 0 Å². The third-order valence-corrected chi connectivity index (χ3v) is 4.98. The summed E-state index contributed by atoms with van der Waals surface area (Å²) >= 11 is 5.95. The Morgan fingerprint density at radius 3 is 2.65 bits per heavy atom. The highest BCUT2D eigenvalue weighted by Gasteiger charge is 2.28. The van der Waals surface area contributed by atoms with Crippen molar-refractivity contribution in [1.29, 1.82) is 0 Å². The first-order valence-electron chi connectivity index (χ1n) is 8.66. The summed E-state index contributed by atoms with van der Waals surface area (Å²) in [4.78, 5) is 7.02. The SMILES string of the molecule is COc1ccc(-c2noc([C@H]3CCN(Cc4ccc(Cl)cc4)C3)n2)cc1. The predicted octanol–water partition coefficient (Wildman–Crippen LogP) is 4.39. The van der Waals surface area contributed by atoms with Gasteiger partial charge in [0, 0.05) is 23.7 Å². The number of rotatable bonds is 5. The molecule has 134 valence electrons. The van der Waals surface area contributed by atoms with Crippen molar-refractivity contribution >= 4 is 11.6 Å². The van der Waals surface area contributed by atoms with E-state index in [0.29, 0.717) is 5.82 Å². The fourth-order valence-electron chi connectivity index (χ4n) is 3.28. The summed E-state index contributed by atoms with van der Waals surface area (Å²) in [5.74, 6) is 2.43. The third-order valence-electron chi connectivity index (χ3n) is 4.73. The van der Waals surface area contributed by atoms with Crippen molar-refractivity contribution in [2.45, 2.75) is 18.9 Å². The lowest BCUT2D eigenvalue weighted by molar-refractivity contribution is 0.309. The predicted molar refractivity (Wildman–Crippen MR) is 100 cm³/mol. The molecule has 5 nitrogen and oxygen atoms in total. The van der Waals surface area contributed by atoms with Gasteiger partial charge in [-0.15, -0.1) is 0 Å². The Hall–Kier alpha value is -2.37. The van der Waals surface area contributed by atoms with Crippen molar-refractivity contribution < 1.29 is 9.26 Å². The summed E-state index contributed by atoms with van der Waals surface area (Å²) in [6, 6.07) is 15.7. The smallest absolute Gasteiger partial charge is 0.231 e. The number of likely N-dealkylation sites (tertiary alicyclic amines) is 1.